The van der Waals surface area contributed by atoms with Crippen LogP contribution in [-0.2, 0) is 11.3 Å². The molecule has 0 aliphatic rings. The standard InChI is InChI=1S/C11H14F2N2O2/c1-7(10(14)16)15-6-8-2-4-9(5-3-8)17-11(12)13/h2-5,7,11,15H,6H2,1H3,(H2,14,16). The van der Waals surface area contributed by atoms with Crippen LogP contribution in [-0.4, -0.2) is 18.6 Å². The Hall–Kier alpha value is -1.69. The molecule has 0 radical (unpaired) electrons. The summed E-state index contributed by atoms with van der Waals surface area (Å²) < 4.78 is 28.0. The minimum absolute atomic E-state index is 0.103. The summed E-state index contributed by atoms with van der Waals surface area (Å²) in [6.45, 7) is -0.746. The van der Waals surface area contributed by atoms with Crippen LogP contribution in [0.25, 0.3) is 0 Å². The van der Waals surface area contributed by atoms with Gasteiger partial charge in [0.15, 0.2) is 0 Å². The summed E-state index contributed by atoms with van der Waals surface area (Å²) in [6.07, 6.45) is 0. The van der Waals surface area contributed by atoms with Crippen molar-refractivity contribution in [2.24, 2.45) is 5.73 Å². The highest BCUT2D eigenvalue weighted by atomic mass is 19.3. The second-order valence-electron chi connectivity index (χ2n) is 3.53. The minimum Gasteiger partial charge on any atom is -0.435 e. The third-order valence-electron chi connectivity index (χ3n) is 2.19. The highest BCUT2D eigenvalue weighted by Gasteiger charge is 2.07. The Bertz CT molecular complexity index is 368. The van der Waals surface area contributed by atoms with Gasteiger partial charge < -0.3 is 15.8 Å². The summed E-state index contributed by atoms with van der Waals surface area (Å²) >= 11 is 0. The van der Waals surface area contributed by atoms with E-state index in [4.69, 9.17) is 5.73 Å². The number of hydrogen-bond donors (Lipinski definition) is 2. The largest absolute Gasteiger partial charge is 0.435 e. The highest BCUT2D eigenvalue weighted by Crippen LogP contribution is 2.14. The van der Waals surface area contributed by atoms with Gasteiger partial charge in [-0.3, -0.25) is 4.79 Å². The molecule has 1 amide bonds. The summed E-state index contributed by atoms with van der Waals surface area (Å²) in [7, 11) is 0. The number of carbonyl (C=O) groups excluding carboxylic acids is 1. The summed E-state index contributed by atoms with van der Waals surface area (Å²) in [5, 5.41) is 2.90. The first-order valence-corrected chi connectivity index (χ1v) is 5.05. The van der Waals surface area contributed by atoms with E-state index in [2.05, 4.69) is 10.1 Å². The van der Waals surface area contributed by atoms with E-state index in [1.54, 1.807) is 19.1 Å². The number of hydrogen-bond acceptors (Lipinski definition) is 3. The number of alkyl halides is 2. The number of rotatable bonds is 6. The third-order valence-corrected chi connectivity index (χ3v) is 2.19. The van der Waals surface area contributed by atoms with E-state index >= 15 is 0 Å². The molecule has 1 aromatic carbocycles. The van der Waals surface area contributed by atoms with Gasteiger partial charge in [-0.05, 0) is 24.6 Å². The van der Waals surface area contributed by atoms with Gasteiger partial charge in [-0.25, -0.2) is 0 Å². The van der Waals surface area contributed by atoms with E-state index in [1.807, 2.05) is 0 Å². The average molecular weight is 244 g/mol. The molecule has 6 heteroatoms. The molecule has 0 spiro atoms. The minimum atomic E-state index is -2.83. The number of benzene rings is 1. The predicted octanol–water partition coefficient (Wildman–Crippen LogP) is 1.25. The fraction of sp³-hybridized carbons (Fsp3) is 0.364. The fourth-order valence-corrected chi connectivity index (χ4v) is 1.16. The zero-order chi connectivity index (χ0) is 12.8. The van der Waals surface area contributed by atoms with Crippen molar-refractivity contribution in [2.45, 2.75) is 26.1 Å². The van der Waals surface area contributed by atoms with Crippen LogP contribution in [0.15, 0.2) is 24.3 Å². The lowest BCUT2D eigenvalue weighted by atomic mass is 10.2. The topological polar surface area (TPSA) is 64.3 Å². The molecule has 0 aliphatic carbocycles. The van der Waals surface area contributed by atoms with Crippen molar-refractivity contribution in [3.8, 4) is 5.75 Å². The summed E-state index contributed by atoms with van der Waals surface area (Å²) in [5.41, 5.74) is 5.92. The maximum Gasteiger partial charge on any atom is 0.387 e. The number of primary amides is 1. The van der Waals surface area contributed by atoms with Crippen LogP contribution in [0.5, 0.6) is 5.75 Å². The van der Waals surface area contributed by atoms with E-state index in [-0.39, 0.29) is 5.75 Å². The Labute approximate surface area is 97.8 Å². The van der Waals surface area contributed by atoms with Crippen molar-refractivity contribution in [3.63, 3.8) is 0 Å². The number of amides is 1. The smallest absolute Gasteiger partial charge is 0.387 e. The molecule has 1 unspecified atom stereocenters. The Kier molecular flexibility index (Phi) is 4.84. The molecular weight excluding hydrogens is 230 g/mol. The van der Waals surface area contributed by atoms with Crippen molar-refractivity contribution < 1.29 is 18.3 Å². The Morgan fingerprint density at radius 3 is 2.47 bits per heavy atom. The quantitative estimate of drug-likeness (QED) is 0.791. The van der Waals surface area contributed by atoms with E-state index < -0.39 is 18.6 Å². The van der Waals surface area contributed by atoms with Crippen LogP contribution in [0, 0.1) is 0 Å². The maximum atomic E-state index is 11.9. The van der Waals surface area contributed by atoms with Gasteiger partial charge in [-0.1, -0.05) is 12.1 Å². The van der Waals surface area contributed by atoms with Crippen molar-refractivity contribution in [1.29, 1.82) is 0 Å². The van der Waals surface area contributed by atoms with Crippen LogP contribution in [0.4, 0.5) is 8.78 Å². The number of halogens is 2. The molecule has 0 saturated heterocycles. The molecule has 1 atom stereocenters. The van der Waals surface area contributed by atoms with Crippen LogP contribution in [0.3, 0.4) is 0 Å². The first-order valence-electron chi connectivity index (χ1n) is 5.05. The summed E-state index contributed by atoms with van der Waals surface area (Å²) in [5.74, 6) is -0.339. The summed E-state index contributed by atoms with van der Waals surface area (Å²) in [4.78, 5) is 10.8. The lowest BCUT2D eigenvalue weighted by molar-refractivity contribution is -0.119. The third kappa shape index (κ3) is 4.78. The molecule has 4 nitrogen and oxygen atoms in total. The van der Waals surface area contributed by atoms with Crippen molar-refractivity contribution in [1.82, 2.24) is 5.32 Å². The van der Waals surface area contributed by atoms with Gasteiger partial charge in [0.2, 0.25) is 5.91 Å². The van der Waals surface area contributed by atoms with Crippen LogP contribution >= 0.6 is 0 Å². The first kappa shape index (κ1) is 13.4. The number of nitrogens with one attached hydrogen (secondary N) is 1. The van der Waals surface area contributed by atoms with Gasteiger partial charge in [0.25, 0.3) is 0 Å². The van der Waals surface area contributed by atoms with E-state index in [0.717, 1.165) is 5.56 Å². The normalized spacial score (nSPS) is 12.5. The monoisotopic (exact) mass is 244 g/mol. The Balaban J connectivity index is 2.48. The highest BCUT2D eigenvalue weighted by molar-refractivity contribution is 5.79. The lowest BCUT2D eigenvalue weighted by Crippen LogP contribution is -2.38. The maximum absolute atomic E-state index is 11.9. The molecule has 1 aromatic rings. The van der Waals surface area contributed by atoms with Crippen molar-refractivity contribution in [2.75, 3.05) is 0 Å². The Morgan fingerprint density at radius 2 is 2.00 bits per heavy atom. The summed E-state index contributed by atoms with van der Waals surface area (Å²) in [6, 6.07) is 5.72. The second-order valence-corrected chi connectivity index (χ2v) is 3.53. The molecule has 0 aromatic heterocycles. The molecule has 0 heterocycles. The lowest BCUT2D eigenvalue weighted by Gasteiger charge is -2.10. The molecule has 0 bridgehead atoms. The molecule has 1 rings (SSSR count). The molecule has 3 N–H and O–H groups in total. The van der Waals surface area contributed by atoms with Crippen LogP contribution in [0.1, 0.15) is 12.5 Å². The SMILES string of the molecule is CC(NCc1ccc(OC(F)F)cc1)C(N)=O. The fourth-order valence-electron chi connectivity index (χ4n) is 1.16. The van der Waals surface area contributed by atoms with Crippen LogP contribution < -0.4 is 15.8 Å². The van der Waals surface area contributed by atoms with Gasteiger partial charge in [0, 0.05) is 6.54 Å². The van der Waals surface area contributed by atoms with Gasteiger partial charge in [-0.15, -0.1) is 0 Å². The molecule has 17 heavy (non-hydrogen) atoms. The number of ether oxygens (including phenoxy) is 1. The van der Waals surface area contributed by atoms with Gasteiger partial charge >= 0.3 is 6.61 Å². The molecule has 0 saturated carbocycles. The zero-order valence-corrected chi connectivity index (χ0v) is 9.32. The van der Waals surface area contributed by atoms with E-state index in [9.17, 15) is 13.6 Å². The zero-order valence-electron chi connectivity index (χ0n) is 9.32. The molecular formula is C11H14F2N2O2. The second kappa shape index (κ2) is 6.15. The molecule has 0 fully saturated rings. The Morgan fingerprint density at radius 1 is 1.41 bits per heavy atom. The predicted molar refractivity (Wildman–Crippen MR) is 58.6 cm³/mol. The molecule has 94 valence electrons. The van der Waals surface area contributed by atoms with Crippen molar-refractivity contribution in [3.05, 3.63) is 29.8 Å². The van der Waals surface area contributed by atoms with Crippen LogP contribution in [0.2, 0.25) is 0 Å². The van der Waals surface area contributed by atoms with Gasteiger partial charge in [-0.2, -0.15) is 8.78 Å². The number of carbonyl (C=O) groups is 1. The van der Waals surface area contributed by atoms with E-state index in [0.29, 0.717) is 6.54 Å². The number of nitrogens with two attached hydrogens (primary N) is 1. The van der Waals surface area contributed by atoms with E-state index in [1.165, 1.54) is 12.1 Å². The van der Waals surface area contributed by atoms with Crippen molar-refractivity contribution >= 4 is 5.91 Å². The average Bonchev–Trinajstić information content (AvgIpc) is 2.26. The van der Waals surface area contributed by atoms with Gasteiger partial charge in [0.05, 0.1) is 6.04 Å². The van der Waals surface area contributed by atoms with Gasteiger partial charge in [0.1, 0.15) is 5.75 Å². The molecule has 0 aliphatic heterocycles. The first-order chi connectivity index (χ1) is 7.99.